The molecule has 6 nitrogen and oxygen atoms in total. The van der Waals surface area contributed by atoms with Gasteiger partial charge in [0.25, 0.3) is 0 Å². The maximum Gasteiger partial charge on any atom is 0.222 e. The monoisotopic (exact) mass is 415 g/mol. The Bertz CT molecular complexity index is 1150. The van der Waals surface area contributed by atoms with E-state index in [1.165, 1.54) is 5.39 Å². The van der Waals surface area contributed by atoms with Crippen LogP contribution in [0.15, 0.2) is 79.1 Å². The molecule has 0 spiro atoms. The van der Waals surface area contributed by atoms with Crippen LogP contribution in [0.25, 0.3) is 10.9 Å². The molecule has 2 heterocycles. The van der Waals surface area contributed by atoms with Crippen LogP contribution in [0, 0.1) is 0 Å². The summed E-state index contributed by atoms with van der Waals surface area (Å²) in [5.41, 5.74) is 2.07. The van der Waals surface area contributed by atoms with Crippen LogP contribution < -0.4 is 14.8 Å². The summed E-state index contributed by atoms with van der Waals surface area (Å²) < 4.78 is 13.4. The number of aryl methyl sites for hydroxylation is 1. The summed E-state index contributed by atoms with van der Waals surface area (Å²) in [6.45, 7) is 3.63. The highest BCUT2D eigenvalue weighted by molar-refractivity contribution is 5.80. The molecule has 0 aliphatic carbocycles. The van der Waals surface area contributed by atoms with Crippen molar-refractivity contribution in [3.8, 4) is 17.4 Å². The Morgan fingerprint density at radius 1 is 1.03 bits per heavy atom. The summed E-state index contributed by atoms with van der Waals surface area (Å²) in [5.74, 6) is 1.96. The number of nitrogens with zero attached hydrogens (tertiary/aromatic N) is 2. The Kier molecular flexibility index (Phi) is 6.47. The Morgan fingerprint density at radius 3 is 2.68 bits per heavy atom. The van der Waals surface area contributed by atoms with Crippen molar-refractivity contribution >= 4 is 16.8 Å². The molecule has 0 radical (unpaired) electrons. The summed E-state index contributed by atoms with van der Waals surface area (Å²) in [4.78, 5) is 16.6. The third-order valence-corrected chi connectivity index (χ3v) is 4.91. The Morgan fingerprint density at radius 2 is 1.84 bits per heavy atom. The number of amides is 1. The van der Waals surface area contributed by atoms with Crippen LogP contribution in [0.1, 0.15) is 18.9 Å². The highest BCUT2D eigenvalue weighted by atomic mass is 16.5. The predicted molar refractivity (Wildman–Crippen MR) is 120 cm³/mol. The van der Waals surface area contributed by atoms with Crippen LogP contribution in [0.3, 0.4) is 0 Å². The molecule has 4 aromatic rings. The average molecular weight is 415 g/mol. The second-order valence-electron chi connectivity index (χ2n) is 7.10. The lowest BCUT2D eigenvalue weighted by Crippen LogP contribution is -2.23. The minimum absolute atomic E-state index is 0.00331. The van der Waals surface area contributed by atoms with E-state index in [-0.39, 0.29) is 5.91 Å². The highest BCUT2D eigenvalue weighted by Crippen LogP contribution is 2.23. The van der Waals surface area contributed by atoms with Gasteiger partial charge >= 0.3 is 0 Å². The number of carbonyl (C=O) groups is 1. The van der Waals surface area contributed by atoms with E-state index in [0.29, 0.717) is 37.7 Å². The number of benzene rings is 2. The minimum Gasteiger partial charge on any atom is -0.494 e. The van der Waals surface area contributed by atoms with E-state index >= 15 is 0 Å². The van der Waals surface area contributed by atoms with Gasteiger partial charge in [-0.05, 0) is 60.3 Å². The van der Waals surface area contributed by atoms with Crippen molar-refractivity contribution in [3.63, 3.8) is 0 Å². The SMILES string of the molecule is CCOc1ccc(Oc2cc(CNC(=O)CCn3ccc4ccccc43)ccn2)cc1. The maximum absolute atomic E-state index is 12.3. The van der Waals surface area contributed by atoms with Crippen LogP contribution in [-0.4, -0.2) is 22.1 Å². The van der Waals surface area contributed by atoms with Crippen molar-refractivity contribution in [3.05, 3.63) is 84.7 Å². The van der Waals surface area contributed by atoms with Gasteiger partial charge in [0.05, 0.1) is 6.61 Å². The molecule has 0 saturated heterocycles. The zero-order valence-electron chi connectivity index (χ0n) is 17.5. The number of ether oxygens (including phenoxy) is 2. The van der Waals surface area contributed by atoms with Gasteiger partial charge in [-0.3, -0.25) is 4.79 Å². The molecule has 0 saturated carbocycles. The molecule has 2 aromatic carbocycles. The van der Waals surface area contributed by atoms with E-state index in [2.05, 4.69) is 33.1 Å². The lowest BCUT2D eigenvalue weighted by molar-refractivity contribution is -0.121. The first kappa shape index (κ1) is 20.5. The number of nitrogens with one attached hydrogen (secondary N) is 1. The molecule has 4 rings (SSSR count). The predicted octanol–water partition coefficient (Wildman–Crippen LogP) is 4.93. The van der Waals surface area contributed by atoms with Crippen LogP contribution in [0.2, 0.25) is 0 Å². The number of para-hydroxylation sites is 1. The zero-order chi connectivity index (χ0) is 21.5. The molecule has 2 aromatic heterocycles. The summed E-state index contributed by atoms with van der Waals surface area (Å²) in [6.07, 6.45) is 4.11. The van der Waals surface area contributed by atoms with Gasteiger partial charge in [0.1, 0.15) is 11.5 Å². The number of hydrogen-bond donors (Lipinski definition) is 1. The zero-order valence-corrected chi connectivity index (χ0v) is 17.5. The number of rotatable bonds is 9. The Balaban J connectivity index is 1.29. The normalized spacial score (nSPS) is 10.7. The molecule has 158 valence electrons. The molecule has 0 bridgehead atoms. The number of pyridine rings is 1. The largest absolute Gasteiger partial charge is 0.494 e. The van der Waals surface area contributed by atoms with Crippen molar-refractivity contribution in [2.75, 3.05) is 6.61 Å². The topological polar surface area (TPSA) is 65.4 Å². The first-order valence-corrected chi connectivity index (χ1v) is 10.4. The van der Waals surface area contributed by atoms with Crippen molar-refractivity contribution in [2.45, 2.75) is 26.4 Å². The standard InChI is InChI=1S/C25H25N3O3/c1-2-30-21-7-9-22(10-8-21)31-25-17-19(11-14-26-25)18-27-24(29)13-16-28-15-12-20-5-3-4-6-23(20)28/h3-12,14-15,17H,2,13,16,18H2,1H3,(H,27,29). The minimum atomic E-state index is 0.00331. The van der Waals surface area contributed by atoms with Crippen LogP contribution in [-0.2, 0) is 17.9 Å². The van der Waals surface area contributed by atoms with Gasteiger partial charge in [-0.1, -0.05) is 18.2 Å². The summed E-state index contributed by atoms with van der Waals surface area (Å²) in [6, 6.07) is 21.3. The first-order valence-electron chi connectivity index (χ1n) is 10.4. The fourth-order valence-corrected chi connectivity index (χ4v) is 3.35. The molecule has 1 N–H and O–H groups in total. The molecule has 0 atom stereocenters. The third-order valence-electron chi connectivity index (χ3n) is 4.91. The van der Waals surface area contributed by atoms with Gasteiger partial charge in [0, 0.05) is 43.5 Å². The Labute approximate surface area is 181 Å². The first-order chi connectivity index (χ1) is 15.2. The quantitative estimate of drug-likeness (QED) is 0.421. The lowest BCUT2D eigenvalue weighted by atomic mass is 10.2. The van der Waals surface area contributed by atoms with Crippen molar-refractivity contribution in [2.24, 2.45) is 0 Å². The van der Waals surface area contributed by atoms with Gasteiger partial charge in [0.2, 0.25) is 11.8 Å². The number of carbonyl (C=O) groups excluding carboxylic acids is 1. The number of fused-ring (bicyclic) bond motifs is 1. The highest BCUT2D eigenvalue weighted by Gasteiger charge is 2.06. The third kappa shape index (κ3) is 5.42. The molecule has 0 aliphatic heterocycles. The van der Waals surface area contributed by atoms with Gasteiger partial charge in [-0.2, -0.15) is 0 Å². The molecule has 0 unspecified atom stereocenters. The number of hydrogen-bond acceptors (Lipinski definition) is 4. The number of aromatic nitrogens is 2. The molecule has 1 amide bonds. The average Bonchev–Trinajstić information content (AvgIpc) is 3.21. The van der Waals surface area contributed by atoms with E-state index in [1.54, 1.807) is 6.20 Å². The fourth-order valence-electron chi connectivity index (χ4n) is 3.35. The summed E-state index contributed by atoms with van der Waals surface area (Å²) in [7, 11) is 0. The van der Waals surface area contributed by atoms with E-state index < -0.39 is 0 Å². The van der Waals surface area contributed by atoms with Crippen LogP contribution in [0.4, 0.5) is 0 Å². The van der Waals surface area contributed by atoms with Gasteiger partial charge in [-0.15, -0.1) is 0 Å². The van der Waals surface area contributed by atoms with Crippen molar-refractivity contribution in [1.82, 2.24) is 14.9 Å². The van der Waals surface area contributed by atoms with Crippen LogP contribution >= 0.6 is 0 Å². The van der Waals surface area contributed by atoms with E-state index in [0.717, 1.165) is 16.8 Å². The summed E-state index contributed by atoms with van der Waals surface area (Å²) >= 11 is 0. The van der Waals surface area contributed by atoms with E-state index in [9.17, 15) is 4.79 Å². The lowest BCUT2D eigenvalue weighted by Gasteiger charge is -2.09. The summed E-state index contributed by atoms with van der Waals surface area (Å²) in [5, 5.41) is 4.15. The van der Waals surface area contributed by atoms with Crippen molar-refractivity contribution in [1.29, 1.82) is 0 Å². The van der Waals surface area contributed by atoms with E-state index in [1.807, 2.05) is 61.7 Å². The van der Waals surface area contributed by atoms with Gasteiger partial charge < -0.3 is 19.4 Å². The fraction of sp³-hybridized carbons (Fsp3) is 0.200. The molecule has 6 heteroatoms. The van der Waals surface area contributed by atoms with Crippen LogP contribution in [0.5, 0.6) is 17.4 Å². The molecule has 0 aliphatic rings. The second kappa shape index (κ2) is 9.80. The van der Waals surface area contributed by atoms with Gasteiger partial charge in [0.15, 0.2) is 0 Å². The smallest absolute Gasteiger partial charge is 0.222 e. The Hall–Kier alpha value is -3.80. The molecule has 0 fully saturated rings. The second-order valence-corrected chi connectivity index (χ2v) is 7.10. The van der Waals surface area contributed by atoms with E-state index in [4.69, 9.17) is 9.47 Å². The molecular formula is C25H25N3O3. The molecular weight excluding hydrogens is 390 g/mol. The van der Waals surface area contributed by atoms with Gasteiger partial charge in [-0.25, -0.2) is 4.98 Å². The maximum atomic E-state index is 12.3. The molecule has 31 heavy (non-hydrogen) atoms. The van der Waals surface area contributed by atoms with Crippen molar-refractivity contribution < 1.29 is 14.3 Å².